The number of methoxy groups -OCH3 is 2. The maximum atomic E-state index is 11.0. The molecule has 0 radical (unpaired) electrons. The monoisotopic (exact) mass is 610 g/mol. The molecule has 0 aliphatic heterocycles. The van der Waals surface area contributed by atoms with Crippen LogP contribution in [0.3, 0.4) is 0 Å². The molecule has 4 aromatic rings. The summed E-state index contributed by atoms with van der Waals surface area (Å²) in [4.78, 5) is 15.9. The maximum absolute atomic E-state index is 11.0. The molecule has 0 aromatic heterocycles. The molecule has 1 unspecified atom stereocenters. The molecule has 0 bridgehead atoms. The van der Waals surface area contributed by atoms with E-state index in [0.717, 1.165) is 64.5 Å². The molecule has 0 heterocycles. The van der Waals surface area contributed by atoms with Crippen molar-refractivity contribution in [1.82, 2.24) is 0 Å². The van der Waals surface area contributed by atoms with E-state index in [2.05, 4.69) is 16.8 Å². The van der Waals surface area contributed by atoms with Crippen LogP contribution in [0.5, 0.6) is 17.2 Å². The van der Waals surface area contributed by atoms with Crippen molar-refractivity contribution in [2.75, 3.05) is 27.4 Å². The molecular formula is C36H38N2O7. The predicted molar refractivity (Wildman–Crippen MR) is 176 cm³/mol. The third kappa shape index (κ3) is 9.76. The average molecular weight is 611 g/mol. The number of nitrogens with zero attached hydrogens (tertiary/aromatic N) is 2. The largest absolute Gasteiger partial charge is 0.494 e. The lowest BCUT2D eigenvalue weighted by Crippen LogP contribution is -2.04. The Balaban J connectivity index is 1.30. The maximum Gasteiger partial charge on any atom is 0.330 e. The number of unbranched alkanes of at least 4 members (excludes halogenated alkanes) is 3. The number of esters is 1. The first kappa shape index (κ1) is 32.9. The van der Waals surface area contributed by atoms with Crippen LogP contribution in [-0.2, 0) is 14.4 Å². The van der Waals surface area contributed by atoms with Gasteiger partial charge >= 0.3 is 5.97 Å². The van der Waals surface area contributed by atoms with E-state index in [-0.39, 0.29) is 5.97 Å². The molecule has 4 aromatic carbocycles. The van der Waals surface area contributed by atoms with Crippen LogP contribution in [0.2, 0.25) is 0 Å². The van der Waals surface area contributed by atoms with E-state index in [1.54, 1.807) is 26.6 Å². The van der Waals surface area contributed by atoms with Crippen LogP contribution in [0.25, 0.3) is 10.8 Å². The SMILES string of the molecule is C=CC(=O)OCCCCCCOc1ccc(C(OO)c2ccc3cc(/C=N/N=C/c4ccc(OC)c(OC)c4)ccc3c2)cc1. The molecule has 0 aliphatic rings. The number of benzene rings is 4. The fourth-order valence-electron chi connectivity index (χ4n) is 4.69. The van der Waals surface area contributed by atoms with Gasteiger partial charge in [-0.1, -0.05) is 43.0 Å². The van der Waals surface area contributed by atoms with Crippen LogP contribution in [0.4, 0.5) is 0 Å². The number of hydrogen-bond donors (Lipinski definition) is 1. The third-order valence-corrected chi connectivity index (χ3v) is 7.09. The zero-order chi connectivity index (χ0) is 31.9. The van der Waals surface area contributed by atoms with Crippen molar-refractivity contribution in [2.24, 2.45) is 10.2 Å². The van der Waals surface area contributed by atoms with Crippen molar-refractivity contribution in [1.29, 1.82) is 0 Å². The lowest BCUT2D eigenvalue weighted by atomic mass is 9.97. The van der Waals surface area contributed by atoms with Crippen molar-refractivity contribution in [3.8, 4) is 17.2 Å². The highest BCUT2D eigenvalue weighted by Gasteiger charge is 2.16. The molecule has 1 N–H and O–H groups in total. The number of ether oxygens (including phenoxy) is 4. The summed E-state index contributed by atoms with van der Waals surface area (Å²) >= 11 is 0. The molecule has 0 aliphatic carbocycles. The minimum absolute atomic E-state index is 0.386. The van der Waals surface area contributed by atoms with E-state index in [4.69, 9.17) is 23.8 Å². The van der Waals surface area contributed by atoms with Crippen LogP contribution in [0, 0.1) is 0 Å². The van der Waals surface area contributed by atoms with Gasteiger partial charge in [-0.25, -0.2) is 9.68 Å². The average Bonchev–Trinajstić information content (AvgIpc) is 3.08. The second-order valence-corrected chi connectivity index (χ2v) is 10.2. The summed E-state index contributed by atoms with van der Waals surface area (Å²) in [5.41, 5.74) is 3.36. The van der Waals surface area contributed by atoms with Gasteiger partial charge in [0.15, 0.2) is 11.5 Å². The minimum atomic E-state index is -0.647. The Labute approximate surface area is 263 Å². The van der Waals surface area contributed by atoms with Gasteiger partial charge in [-0.05, 0) is 101 Å². The summed E-state index contributed by atoms with van der Waals surface area (Å²) < 4.78 is 21.4. The topological polar surface area (TPSA) is 108 Å². The fraction of sp³-hybridized carbons (Fsp3) is 0.250. The Morgan fingerprint density at radius 1 is 0.756 bits per heavy atom. The van der Waals surface area contributed by atoms with Gasteiger partial charge in [0.2, 0.25) is 0 Å². The molecule has 0 amide bonds. The Kier molecular flexibility index (Phi) is 12.7. The van der Waals surface area contributed by atoms with Gasteiger partial charge in [0, 0.05) is 6.08 Å². The minimum Gasteiger partial charge on any atom is -0.494 e. The van der Waals surface area contributed by atoms with Gasteiger partial charge in [-0.3, -0.25) is 5.26 Å². The second kappa shape index (κ2) is 17.3. The summed E-state index contributed by atoms with van der Waals surface area (Å²) in [6.07, 6.45) is 7.52. The van der Waals surface area contributed by atoms with E-state index in [9.17, 15) is 10.1 Å². The van der Waals surface area contributed by atoms with Crippen LogP contribution in [-0.4, -0.2) is 51.1 Å². The summed E-state index contributed by atoms with van der Waals surface area (Å²) in [5, 5.41) is 20.1. The van der Waals surface area contributed by atoms with Crippen molar-refractivity contribution >= 4 is 29.2 Å². The normalized spacial score (nSPS) is 12.0. The molecule has 0 saturated heterocycles. The number of fused-ring (bicyclic) bond motifs is 1. The highest BCUT2D eigenvalue weighted by Crippen LogP contribution is 2.30. The van der Waals surface area contributed by atoms with Crippen LogP contribution in [0.1, 0.15) is 54.0 Å². The molecule has 0 spiro atoms. The molecule has 0 fully saturated rings. The number of carbonyl (C=O) groups is 1. The van der Waals surface area contributed by atoms with Gasteiger partial charge < -0.3 is 18.9 Å². The predicted octanol–water partition coefficient (Wildman–Crippen LogP) is 7.56. The first-order valence-corrected chi connectivity index (χ1v) is 14.7. The van der Waals surface area contributed by atoms with Gasteiger partial charge in [-0.2, -0.15) is 10.2 Å². The van der Waals surface area contributed by atoms with Gasteiger partial charge in [0.25, 0.3) is 0 Å². The summed E-state index contributed by atoms with van der Waals surface area (Å²) in [5.74, 6) is 1.64. The van der Waals surface area contributed by atoms with Crippen molar-refractivity contribution in [3.05, 3.63) is 114 Å². The van der Waals surface area contributed by atoms with E-state index < -0.39 is 6.10 Å². The first-order valence-electron chi connectivity index (χ1n) is 14.7. The number of rotatable bonds is 17. The Bertz CT molecular complexity index is 1620. The molecule has 234 valence electrons. The second-order valence-electron chi connectivity index (χ2n) is 10.2. The van der Waals surface area contributed by atoms with Crippen LogP contribution in [0.15, 0.2) is 102 Å². The van der Waals surface area contributed by atoms with Gasteiger partial charge in [-0.15, -0.1) is 0 Å². The lowest BCUT2D eigenvalue weighted by Gasteiger charge is -2.16. The summed E-state index contributed by atoms with van der Waals surface area (Å²) in [6, 6.07) is 24.9. The molecule has 9 heteroatoms. The lowest BCUT2D eigenvalue weighted by molar-refractivity contribution is -0.270. The highest BCUT2D eigenvalue weighted by atomic mass is 17.1. The molecule has 45 heavy (non-hydrogen) atoms. The van der Waals surface area contributed by atoms with Gasteiger partial charge in [0.1, 0.15) is 11.9 Å². The molecule has 1 atom stereocenters. The zero-order valence-electron chi connectivity index (χ0n) is 25.6. The van der Waals surface area contributed by atoms with E-state index in [1.165, 1.54) is 6.08 Å². The Morgan fingerprint density at radius 3 is 2.07 bits per heavy atom. The van der Waals surface area contributed by atoms with E-state index in [1.807, 2.05) is 78.9 Å². The quantitative estimate of drug-likeness (QED) is 0.0328. The van der Waals surface area contributed by atoms with Crippen molar-refractivity contribution in [3.63, 3.8) is 0 Å². The first-order chi connectivity index (χ1) is 22.0. The van der Waals surface area contributed by atoms with E-state index in [0.29, 0.717) is 24.7 Å². The molecule has 4 rings (SSSR count). The third-order valence-electron chi connectivity index (χ3n) is 7.09. The van der Waals surface area contributed by atoms with Crippen LogP contribution < -0.4 is 14.2 Å². The highest BCUT2D eigenvalue weighted by molar-refractivity contribution is 5.91. The van der Waals surface area contributed by atoms with E-state index >= 15 is 0 Å². The van der Waals surface area contributed by atoms with Gasteiger partial charge in [0.05, 0.1) is 39.9 Å². The fourth-order valence-corrected chi connectivity index (χ4v) is 4.69. The Hall–Kier alpha value is -4.99. The Morgan fingerprint density at radius 2 is 1.38 bits per heavy atom. The standard InChI is InChI=1S/C36H38N2O7/c1-4-35(39)44-20-8-6-5-7-19-43-32-16-14-28(15-17-32)36(45-40)31-13-12-29-21-26(9-11-30(29)23-31)24-37-38-25-27-10-18-33(41-2)34(22-27)42-3/h4,9-18,21-25,36,40H,1,5-8,19-20H2,2-3H3/b37-24+,38-25+. The molecule has 0 saturated carbocycles. The smallest absolute Gasteiger partial charge is 0.330 e. The van der Waals surface area contributed by atoms with Crippen molar-refractivity contribution < 1.29 is 33.9 Å². The molecule has 9 nitrogen and oxygen atoms in total. The van der Waals surface area contributed by atoms with Crippen LogP contribution >= 0.6 is 0 Å². The summed E-state index contributed by atoms with van der Waals surface area (Å²) in [7, 11) is 3.18. The molecular weight excluding hydrogens is 572 g/mol. The zero-order valence-corrected chi connectivity index (χ0v) is 25.6. The number of carbonyl (C=O) groups excluding carboxylic acids is 1. The number of hydrogen-bond acceptors (Lipinski definition) is 9. The summed E-state index contributed by atoms with van der Waals surface area (Å²) in [6.45, 7) is 4.38. The van der Waals surface area contributed by atoms with Crippen molar-refractivity contribution in [2.45, 2.75) is 31.8 Å².